The van der Waals surface area contributed by atoms with Crippen LogP contribution in [-0.2, 0) is 28.7 Å². The topological polar surface area (TPSA) is 134 Å². The molecule has 2 heterocycles. The highest BCUT2D eigenvalue weighted by Gasteiger charge is 2.55. The molecule has 0 aromatic heterocycles. The number of hydrogen-bond donors (Lipinski definition) is 2. The Hall–Kier alpha value is -2.23. The van der Waals surface area contributed by atoms with E-state index in [1.807, 2.05) is 27.7 Å². The summed E-state index contributed by atoms with van der Waals surface area (Å²) in [6, 6.07) is 3.76. The molecule has 3 atom stereocenters. The van der Waals surface area contributed by atoms with Crippen molar-refractivity contribution in [3.8, 4) is 0 Å². The van der Waals surface area contributed by atoms with Crippen LogP contribution in [0.1, 0.15) is 54.9 Å². The molecule has 1 aromatic rings. The number of nitrogens with zero attached hydrogens (tertiary/aromatic N) is 2. The third-order valence-corrected chi connectivity index (χ3v) is 9.13. The van der Waals surface area contributed by atoms with Crippen LogP contribution in [0.5, 0.6) is 0 Å². The quantitative estimate of drug-likeness (QED) is 0.380. The molecule has 12 heteroatoms. The number of sulfonamides is 1. The summed E-state index contributed by atoms with van der Waals surface area (Å²) < 4.78 is 49.5. The third kappa shape index (κ3) is 5.68. The van der Waals surface area contributed by atoms with Gasteiger partial charge in [0.15, 0.2) is 11.7 Å². The second-order valence-electron chi connectivity index (χ2n) is 11.2. The Balaban J connectivity index is 2.09. The van der Waals surface area contributed by atoms with Gasteiger partial charge in [-0.2, -0.15) is 4.76 Å². The minimum atomic E-state index is -3.92. The van der Waals surface area contributed by atoms with E-state index in [-0.39, 0.29) is 40.5 Å². The van der Waals surface area contributed by atoms with Gasteiger partial charge in [-0.15, -0.1) is 0 Å². The molecular weight excluding hydrogens is 503 g/mol. The molecule has 0 spiro atoms. The van der Waals surface area contributed by atoms with E-state index in [0.717, 1.165) is 12.7 Å². The highest BCUT2D eigenvalue weighted by Crippen LogP contribution is 2.53. The number of likely N-dealkylation sites (tertiary alicyclic amines) is 1. The number of benzene rings is 1. The lowest BCUT2D eigenvalue weighted by Gasteiger charge is -2.38. The molecule has 1 aromatic carbocycles. The van der Waals surface area contributed by atoms with Crippen molar-refractivity contribution in [2.75, 3.05) is 29.4 Å². The predicted molar refractivity (Wildman–Crippen MR) is 142 cm³/mol. The highest BCUT2D eigenvalue weighted by atomic mass is 32.2. The van der Waals surface area contributed by atoms with Crippen LogP contribution in [0.3, 0.4) is 0 Å². The fourth-order valence-electron chi connectivity index (χ4n) is 4.53. The summed E-state index contributed by atoms with van der Waals surface area (Å²) >= 11 is 0. The smallest absolute Gasteiger partial charge is 0.342 e. The molecule has 2 N–H and O–H groups in total. The number of ketones is 1. The zero-order valence-corrected chi connectivity index (χ0v) is 23.9. The predicted octanol–water partition coefficient (Wildman–Crippen LogP) is 3.62. The maximum absolute atomic E-state index is 13.9. The monoisotopic (exact) mass is 540 g/mol. The lowest BCUT2D eigenvalue weighted by atomic mass is 9.81. The first-order valence-electron chi connectivity index (χ1n) is 12.0. The van der Waals surface area contributed by atoms with E-state index >= 15 is 0 Å². The molecule has 10 nitrogen and oxygen atoms in total. The van der Waals surface area contributed by atoms with Crippen molar-refractivity contribution < 1.29 is 27.1 Å². The first kappa shape index (κ1) is 28.3. The van der Waals surface area contributed by atoms with Gasteiger partial charge in [0.2, 0.25) is 15.9 Å². The second kappa shape index (κ2) is 9.58. The Bertz CT molecular complexity index is 1250. The number of amidine groups is 1. The maximum atomic E-state index is 13.9. The number of carbonyl (C=O) groups is 2. The van der Waals surface area contributed by atoms with Gasteiger partial charge in [0, 0.05) is 12.2 Å². The molecule has 200 valence electrons. The molecule has 2 unspecified atom stereocenters. The molecule has 0 aliphatic carbocycles. The Kier molecular flexibility index (Phi) is 7.54. The standard InChI is InChI=1S/C24H37N4O6PS/c1-9-24(6,7)14-28-20(23(3,4)5)19(29)18(22(28)30)21-25-16-12-11-15(27-36(8,32)33)13-17(16)35(31,26-21)34-10-2/h11-13,18,20,27H,9-10,14H2,1-8H3,(H,25,26,31)/t18?,20-,35?/m1/s1. The van der Waals surface area contributed by atoms with E-state index < -0.39 is 34.9 Å². The average Bonchev–Trinajstić information content (AvgIpc) is 2.96. The van der Waals surface area contributed by atoms with E-state index in [1.54, 1.807) is 11.8 Å². The SMILES string of the molecule is CCOP1(=O)N=C(C2C(=O)[C@H](C(C)(C)C)N(CC(C)(C)CC)C2=O)Nc2ccc(NS(C)(=O)=O)cc21. The summed E-state index contributed by atoms with van der Waals surface area (Å²) in [5.74, 6) is -1.93. The third-order valence-electron chi connectivity index (χ3n) is 6.46. The molecule has 0 saturated carbocycles. The number of Topliss-reactive ketones (excluding diaryl/α,β-unsaturated/α-hetero) is 1. The largest absolute Gasteiger partial charge is 0.348 e. The molecular formula is C24H37N4O6PS. The van der Waals surface area contributed by atoms with Crippen LogP contribution in [0.25, 0.3) is 0 Å². The Morgan fingerprint density at radius 1 is 1.17 bits per heavy atom. The molecule has 3 rings (SSSR count). The van der Waals surface area contributed by atoms with E-state index in [1.165, 1.54) is 18.2 Å². The van der Waals surface area contributed by atoms with Gasteiger partial charge in [0.05, 0.1) is 29.9 Å². The van der Waals surface area contributed by atoms with Gasteiger partial charge >= 0.3 is 7.52 Å². The highest BCUT2D eigenvalue weighted by molar-refractivity contribution is 7.92. The minimum absolute atomic E-state index is 0.0100. The normalized spacial score (nSPS) is 24.9. The van der Waals surface area contributed by atoms with Crippen molar-refractivity contribution in [3.63, 3.8) is 0 Å². The van der Waals surface area contributed by atoms with Gasteiger partial charge in [-0.05, 0) is 42.4 Å². The van der Waals surface area contributed by atoms with Crippen LogP contribution >= 0.6 is 7.52 Å². The molecule has 1 amide bonds. The summed E-state index contributed by atoms with van der Waals surface area (Å²) in [5.41, 5.74) is -0.179. The van der Waals surface area contributed by atoms with E-state index in [2.05, 4.69) is 28.6 Å². The summed E-state index contributed by atoms with van der Waals surface area (Å²) in [4.78, 5) is 29.1. The zero-order valence-electron chi connectivity index (χ0n) is 22.2. The van der Waals surface area contributed by atoms with Gasteiger partial charge in [0.25, 0.3) is 0 Å². The lowest BCUT2D eigenvalue weighted by Crippen LogP contribution is -2.48. The molecule has 1 saturated heterocycles. The van der Waals surface area contributed by atoms with E-state index in [9.17, 15) is 22.6 Å². The number of amides is 1. The Morgan fingerprint density at radius 3 is 2.33 bits per heavy atom. The fourth-order valence-corrected chi connectivity index (χ4v) is 6.92. The van der Waals surface area contributed by atoms with Gasteiger partial charge in [-0.1, -0.05) is 41.5 Å². The number of rotatable bonds is 8. The van der Waals surface area contributed by atoms with Crippen molar-refractivity contribution in [1.82, 2.24) is 4.90 Å². The lowest BCUT2D eigenvalue weighted by molar-refractivity contribution is -0.133. The Morgan fingerprint density at radius 2 is 1.81 bits per heavy atom. The van der Waals surface area contributed by atoms with Crippen LogP contribution in [0, 0.1) is 16.7 Å². The maximum Gasteiger partial charge on any atom is 0.348 e. The summed E-state index contributed by atoms with van der Waals surface area (Å²) in [5, 5.41) is 3.19. The summed E-state index contributed by atoms with van der Waals surface area (Å²) in [6.07, 6.45) is 1.83. The van der Waals surface area contributed by atoms with Gasteiger partial charge in [0.1, 0.15) is 5.84 Å². The van der Waals surface area contributed by atoms with Crippen LogP contribution in [0.4, 0.5) is 11.4 Å². The molecule has 2 aliphatic heterocycles. The molecule has 0 radical (unpaired) electrons. The fraction of sp³-hybridized carbons (Fsp3) is 0.625. The zero-order chi connectivity index (χ0) is 27.3. The van der Waals surface area contributed by atoms with Gasteiger partial charge < -0.3 is 14.7 Å². The number of carbonyl (C=O) groups excluding carboxylic acids is 2. The molecule has 0 bridgehead atoms. The van der Waals surface area contributed by atoms with Crippen LogP contribution in [0.15, 0.2) is 23.0 Å². The van der Waals surface area contributed by atoms with Gasteiger partial charge in [-0.3, -0.25) is 18.9 Å². The second-order valence-corrected chi connectivity index (χ2v) is 15.0. The Labute approximate surface area is 213 Å². The van der Waals surface area contributed by atoms with Crippen LogP contribution in [0.2, 0.25) is 0 Å². The molecule has 1 fully saturated rings. The van der Waals surface area contributed by atoms with Crippen molar-refractivity contribution in [3.05, 3.63) is 18.2 Å². The molecule has 2 aliphatic rings. The van der Waals surface area contributed by atoms with E-state index in [4.69, 9.17) is 4.52 Å². The van der Waals surface area contributed by atoms with Crippen molar-refractivity contribution >= 4 is 51.7 Å². The van der Waals surface area contributed by atoms with Crippen molar-refractivity contribution in [1.29, 1.82) is 0 Å². The minimum Gasteiger partial charge on any atom is -0.342 e. The van der Waals surface area contributed by atoms with Crippen molar-refractivity contribution in [2.45, 2.75) is 60.9 Å². The number of nitrogens with one attached hydrogen (secondary N) is 2. The first-order chi connectivity index (χ1) is 16.4. The summed E-state index contributed by atoms with van der Waals surface area (Å²) in [7, 11) is -7.48. The molecule has 36 heavy (non-hydrogen) atoms. The van der Waals surface area contributed by atoms with Crippen LogP contribution < -0.4 is 15.3 Å². The van der Waals surface area contributed by atoms with Crippen LogP contribution in [-0.4, -0.2) is 56.3 Å². The average molecular weight is 541 g/mol. The van der Waals surface area contributed by atoms with E-state index in [0.29, 0.717) is 12.2 Å². The first-order valence-corrected chi connectivity index (χ1v) is 15.5. The summed E-state index contributed by atoms with van der Waals surface area (Å²) in [6.45, 7) is 14.0. The van der Waals surface area contributed by atoms with Gasteiger partial charge in [-0.25, -0.2) is 8.42 Å². The number of hydrogen-bond acceptors (Lipinski definition) is 7. The number of anilines is 2. The number of fused-ring (bicyclic) bond motifs is 1. The van der Waals surface area contributed by atoms with Crippen molar-refractivity contribution in [2.24, 2.45) is 21.5 Å².